The number of rotatable bonds is 5. The molecule has 0 aliphatic heterocycles. The summed E-state index contributed by atoms with van der Waals surface area (Å²) in [6.45, 7) is 2.65. The maximum absolute atomic E-state index is 11.9. The Labute approximate surface area is 148 Å². The van der Waals surface area contributed by atoms with Crippen LogP contribution in [0, 0.1) is 0 Å². The average Bonchev–Trinajstić information content (AvgIpc) is 3.18. The molecule has 0 spiro atoms. The Morgan fingerprint density at radius 2 is 2.04 bits per heavy atom. The quantitative estimate of drug-likeness (QED) is 0.561. The molecule has 0 amide bonds. The third-order valence-corrected chi connectivity index (χ3v) is 5.60. The van der Waals surface area contributed by atoms with Crippen molar-refractivity contribution in [3.63, 3.8) is 0 Å². The molecule has 25 heavy (non-hydrogen) atoms. The number of aryl methyl sites for hydroxylation is 2. The van der Waals surface area contributed by atoms with Gasteiger partial charge < -0.3 is 4.42 Å². The molecule has 2 aromatic heterocycles. The molecule has 130 valence electrons. The van der Waals surface area contributed by atoms with Crippen molar-refractivity contribution < 1.29 is 4.42 Å². The van der Waals surface area contributed by atoms with E-state index in [1.54, 1.807) is 10.6 Å². The minimum atomic E-state index is -0.339. The summed E-state index contributed by atoms with van der Waals surface area (Å²) in [7, 11) is 0. The number of thioether (sulfide) groups is 1. The lowest BCUT2D eigenvalue weighted by atomic mass is 10.0. The first-order valence-corrected chi connectivity index (χ1v) is 9.51. The van der Waals surface area contributed by atoms with Gasteiger partial charge in [0.2, 0.25) is 0 Å². The summed E-state index contributed by atoms with van der Waals surface area (Å²) in [6, 6.07) is 5.71. The van der Waals surface area contributed by atoms with Crippen molar-refractivity contribution in [2.45, 2.75) is 50.1 Å². The number of nitrogens with one attached hydrogen (secondary N) is 1. The smallest absolute Gasteiger partial charge is 0.343 e. The first kappa shape index (κ1) is 16.2. The van der Waals surface area contributed by atoms with Crippen LogP contribution in [-0.4, -0.2) is 14.8 Å². The number of nitrogens with zero attached hydrogens (tertiary/aromatic N) is 2. The van der Waals surface area contributed by atoms with Crippen LogP contribution in [0.25, 0.3) is 11.0 Å². The molecule has 1 aliphatic carbocycles. The molecule has 0 unspecified atom stereocenters. The first-order chi connectivity index (χ1) is 12.2. The molecule has 0 radical (unpaired) electrons. The summed E-state index contributed by atoms with van der Waals surface area (Å²) in [4.78, 5) is 23.7. The van der Waals surface area contributed by atoms with Gasteiger partial charge in [0.25, 0.3) is 0 Å². The van der Waals surface area contributed by atoms with E-state index in [0.29, 0.717) is 23.0 Å². The van der Waals surface area contributed by atoms with Crippen molar-refractivity contribution in [3.8, 4) is 0 Å². The molecule has 0 saturated carbocycles. The Bertz CT molecular complexity index is 1050. The lowest BCUT2D eigenvalue weighted by Gasteiger charge is -2.08. The molecular weight excluding hydrogens is 338 g/mol. The van der Waals surface area contributed by atoms with Gasteiger partial charge in [-0.1, -0.05) is 18.7 Å². The maximum atomic E-state index is 11.9. The maximum Gasteiger partial charge on any atom is 0.343 e. The van der Waals surface area contributed by atoms with E-state index in [0.717, 1.165) is 36.6 Å². The normalized spacial score (nSPS) is 13.5. The van der Waals surface area contributed by atoms with Crippen molar-refractivity contribution >= 4 is 22.7 Å². The fourth-order valence-electron chi connectivity index (χ4n) is 3.39. The molecule has 7 heteroatoms. The van der Waals surface area contributed by atoms with Gasteiger partial charge in [0, 0.05) is 23.8 Å². The van der Waals surface area contributed by atoms with E-state index in [-0.39, 0.29) is 11.3 Å². The highest BCUT2D eigenvalue weighted by molar-refractivity contribution is 7.98. The summed E-state index contributed by atoms with van der Waals surface area (Å²) >= 11 is 1.46. The minimum Gasteiger partial charge on any atom is -0.423 e. The Hall–Kier alpha value is -2.28. The third-order valence-electron chi connectivity index (χ3n) is 4.57. The zero-order valence-corrected chi connectivity index (χ0v) is 14.8. The van der Waals surface area contributed by atoms with Crippen LogP contribution in [-0.2, 0) is 25.1 Å². The number of hydrogen-bond acceptors (Lipinski definition) is 5. The largest absolute Gasteiger partial charge is 0.423 e. The predicted octanol–water partition coefficient (Wildman–Crippen LogP) is 2.87. The molecule has 1 aliphatic rings. The van der Waals surface area contributed by atoms with Gasteiger partial charge in [-0.15, -0.1) is 5.10 Å². The summed E-state index contributed by atoms with van der Waals surface area (Å²) in [6.07, 6.45) is 4.13. The molecule has 3 aromatic rings. The average molecular weight is 357 g/mol. The molecule has 6 nitrogen and oxygen atoms in total. The molecule has 0 saturated heterocycles. The van der Waals surface area contributed by atoms with Crippen LogP contribution >= 0.6 is 11.8 Å². The number of aromatic nitrogens is 3. The molecule has 0 fully saturated rings. The van der Waals surface area contributed by atoms with Crippen LogP contribution in [0.1, 0.15) is 36.5 Å². The highest BCUT2D eigenvalue weighted by Gasteiger charge is 2.16. The van der Waals surface area contributed by atoms with Crippen molar-refractivity contribution in [1.29, 1.82) is 0 Å². The number of H-pyrrole nitrogens is 1. The van der Waals surface area contributed by atoms with Crippen LogP contribution in [0.4, 0.5) is 0 Å². The Kier molecular flexibility index (Phi) is 4.25. The standard InChI is InChI=1S/C18H19N3O3S/c1-2-6-21-17(23)19-20-18(21)25-10-13-9-16(22)24-15-8-12-5-3-4-11(12)7-14(13)15/h7-9H,2-6,10H2,1H3,(H,19,23). The van der Waals surface area contributed by atoms with Gasteiger partial charge in [0.15, 0.2) is 5.16 Å². The van der Waals surface area contributed by atoms with Gasteiger partial charge in [0.05, 0.1) is 0 Å². The van der Waals surface area contributed by atoms with Crippen LogP contribution < -0.4 is 11.3 Å². The van der Waals surface area contributed by atoms with Crippen LogP contribution in [0.5, 0.6) is 0 Å². The zero-order valence-electron chi connectivity index (χ0n) is 14.0. The molecular formula is C18H19N3O3S. The topological polar surface area (TPSA) is 80.9 Å². The van der Waals surface area contributed by atoms with Crippen LogP contribution in [0.15, 0.2) is 37.4 Å². The Morgan fingerprint density at radius 3 is 2.84 bits per heavy atom. The van der Waals surface area contributed by atoms with Gasteiger partial charge in [0.1, 0.15) is 5.58 Å². The molecule has 4 rings (SSSR count). The molecule has 1 aromatic carbocycles. The van der Waals surface area contributed by atoms with E-state index in [1.165, 1.54) is 22.9 Å². The Morgan fingerprint density at radius 1 is 1.24 bits per heavy atom. The molecule has 2 heterocycles. The number of fused-ring (bicyclic) bond motifs is 2. The Balaban J connectivity index is 1.70. The lowest BCUT2D eigenvalue weighted by molar-refractivity contribution is 0.559. The minimum absolute atomic E-state index is 0.195. The van der Waals surface area contributed by atoms with Crippen molar-refractivity contribution in [1.82, 2.24) is 14.8 Å². The van der Waals surface area contributed by atoms with Gasteiger partial charge in [-0.2, -0.15) is 0 Å². The third kappa shape index (κ3) is 3.04. The highest BCUT2D eigenvalue weighted by atomic mass is 32.2. The second-order valence-corrected chi connectivity index (χ2v) is 7.26. The lowest BCUT2D eigenvalue weighted by Crippen LogP contribution is -2.17. The zero-order chi connectivity index (χ0) is 17.4. The second-order valence-electron chi connectivity index (χ2n) is 6.31. The van der Waals surface area contributed by atoms with Crippen molar-refractivity contribution in [2.24, 2.45) is 0 Å². The van der Waals surface area contributed by atoms with Gasteiger partial charge in [-0.25, -0.2) is 14.7 Å². The fourth-order valence-corrected chi connectivity index (χ4v) is 4.35. The summed E-state index contributed by atoms with van der Waals surface area (Å²) < 4.78 is 7.04. The van der Waals surface area contributed by atoms with Crippen LogP contribution in [0.2, 0.25) is 0 Å². The summed E-state index contributed by atoms with van der Waals surface area (Å²) in [5.74, 6) is 0.564. The second kappa shape index (κ2) is 6.55. The highest BCUT2D eigenvalue weighted by Crippen LogP contribution is 2.30. The van der Waals surface area contributed by atoms with Gasteiger partial charge in [-0.05, 0) is 54.5 Å². The number of aromatic amines is 1. The fraction of sp³-hybridized carbons (Fsp3) is 0.389. The summed E-state index contributed by atoms with van der Waals surface area (Å²) in [5.41, 5.74) is 3.66. The van der Waals surface area contributed by atoms with E-state index >= 15 is 0 Å². The predicted molar refractivity (Wildman–Crippen MR) is 97.2 cm³/mol. The molecule has 0 atom stereocenters. The molecule has 0 bridgehead atoms. The van der Waals surface area contributed by atoms with E-state index in [1.807, 2.05) is 13.0 Å². The SMILES string of the molecule is CCCn1c(SCc2cc(=O)oc3cc4c(cc23)CCC4)n[nH]c1=O. The van der Waals surface area contributed by atoms with Crippen LogP contribution in [0.3, 0.4) is 0 Å². The van der Waals surface area contributed by atoms with E-state index in [4.69, 9.17) is 4.42 Å². The molecule has 1 N–H and O–H groups in total. The summed E-state index contributed by atoms with van der Waals surface area (Å²) in [5, 5.41) is 8.22. The van der Waals surface area contributed by atoms with E-state index < -0.39 is 0 Å². The van der Waals surface area contributed by atoms with E-state index in [2.05, 4.69) is 16.3 Å². The van der Waals surface area contributed by atoms with Gasteiger partial charge >= 0.3 is 11.3 Å². The monoisotopic (exact) mass is 357 g/mol. The van der Waals surface area contributed by atoms with E-state index in [9.17, 15) is 9.59 Å². The van der Waals surface area contributed by atoms with Crippen molar-refractivity contribution in [2.75, 3.05) is 0 Å². The number of benzene rings is 1. The number of hydrogen-bond donors (Lipinski definition) is 1. The first-order valence-electron chi connectivity index (χ1n) is 8.52. The van der Waals surface area contributed by atoms with Gasteiger partial charge in [-0.3, -0.25) is 4.57 Å². The van der Waals surface area contributed by atoms with Crippen molar-refractivity contribution in [3.05, 3.63) is 55.8 Å².